The van der Waals surface area contributed by atoms with Crippen LogP contribution >= 0.6 is 0 Å². The Kier molecular flexibility index (Phi) is 5.04. The monoisotopic (exact) mass is 259 g/mol. The first-order valence-electron chi connectivity index (χ1n) is 5.42. The number of ether oxygens (including phenoxy) is 1. The highest BCUT2D eigenvalue weighted by molar-refractivity contribution is 6.61. The fraction of sp³-hybridized carbons (Fsp3) is 0.545. The lowest BCUT2D eigenvalue weighted by atomic mass is 9.79. The van der Waals surface area contributed by atoms with E-state index in [1.54, 1.807) is 0 Å². The van der Waals surface area contributed by atoms with Crippen LogP contribution in [0, 0.1) is 0 Å². The highest BCUT2D eigenvalue weighted by Crippen LogP contribution is 2.13. The van der Waals surface area contributed by atoms with E-state index < -0.39 is 19.3 Å². The summed E-state index contributed by atoms with van der Waals surface area (Å²) < 4.78 is 39.3. The molecule has 0 saturated carbocycles. The summed E-state index contributed by atoms with van der Waals surface area (Å²) in [6.45, 7) is 2.72. The molecule has 0 fully saturated rings. The molecule has 0 radical (unpaired) electrons. The van der Waals surface area contributed by atoms with Gasteiger partial charge in [0.15, 0.2) is 0 Å². The van der Waals surface area contributed by atoms with Gasteiger partial charge in [-0.1, -0.05) is 0 Å². The van der Waals surface area contributed by atoms with E-state index in [9.17, 15) is 8.78 Å². The third kappa shape index (κ3) is 4.97. The Bertz CT molecular complexity index is 385. The van der Waals surface area contributed by atoms with Crippen molar-refractivity contribution < 1.29 is 22.8 Å². The van der Waals surface area contributed by atoms with Crippen molar-refractivity contribution in [1.29, 1.82) is 0 Å². The third-order valence-corrected chi connectivity index (χ3v) is 1.91. The Morgan fingerprint density at radius 2 is 1.94 bits per heavy atom. The summed E-state index contributed by atoms with van der Waals surface area (Å²) in [5.74, 6) is -0.0259. The molecule has 0 aromatic carbocycles. The lowest BCUT2D eigenvalue weighted by Crippen LogP contribution is -2.42. The first kappa shape index (κ1) is 14.9. The molecule has 0 amide bonds. The average molecular weight is 259 g/mol. The number of rotatable bonds is 5. The van der Waals surface area contributed by atoms with Gasteiger partial charge in [0, 0.05) is 24.4 Å². The summed E-state index contributed by atoms with van der Waals surface area (Å²) in [6.07, 6.45) is 2.69. The molecule has 0 aliphatic heterocycles. The van der Waals surface area contributed by atoms with Crippen LogP contribution in [0.4, 0.5) is 8.78 Å². The Morgan fingerprint density at radius 3 is 2.44 bits per heavy atom. The lowest BCUT2D eigenvalue weighted by Gasteiger charge is -2.24. The first-order valence-corrected chi connectivity index (χ1v) is 5.42. The van der Waals surface area contributed by atoms with E-state index in [4.69, 9.17) is 9.31 Å². The molecule has 1 aromatic rings. The quantitative estimate of drug-likeness (QED) is 0.756. The molecule has 0 aliphatic carbocycles. The molecule has 0 bridgehead atoms. The molecule has 0 unspecified atom stereocenters. The number of hydrogen-bond donors (Lipinski definition) is 0. The van der Waals surface area contributed by atoms with Gasteiger partial charge in [0.1, 0.15) is 5.75 Å². The normalized spacial score (nSPS) is 11.7. The molecular weight excluding hydrogens is 243 g/mol. The van der Waals surface area contributed by atoms with E-state index in [2.05, 4.69) is 9.72 Å². The van der Waals surface area contributed by atoms with Gasteiger partial charge in [0.25, 0.3) is 0 Å². The number of nitrogens with zero attached hydrogens (tertiary/aromatic N) is 1. The van der Waals surface area contributed by atoms with E-state index in [0.29, 0.717) is 5.46 Å². The summed E-state index contributed by atoms with van der Waals surface area (Å²) >= 11 is 0. The molecule has 4 nitrogen and oxygen atoms in total. The van der Waals surface area contributed by atoms with E-state index in [1.165, 1.54) is 25.6 Å². The zero-order valence-corrected chi connectivity index (χ0v) is 10.8. The molecule has 0 aliphatic rings. The summed E-state index contributed by atoms with van der Waals surface area (Å²) in [5, 5.41) is 0. The Morgan fingerprint density at radius 1 is 1.28 bits per heavy atom. The van der Waals surface area contributed by atoms with Crippen molar-refractivity contribution in [2.45, 2.75) is 33.0 Å². The molecule has 0 spiro atoms. The maximum atomic E-state index is 12.1. The summed E-state index contributed by atoms with van der Waals surface area (Å²) in [5.41, 5.74) is 0.0887. The second-order valence-corrected chi connectivity index (χ2v) is 4.63. The number of pyridine rings is 1. The number of alkyl halides is 2. The van der Waals surface area contributed by atoms with Crippen LogP contribution in [0.25, 0.3) is 0 Å². The highest BCUT2D eigenvalue weighted by atomic mass is 19.3. The van der Waals surface area contributed by atoms with Crippen LogP contribution < -0.4 is 10.2 Å². The van der Waals surface area contributed by atoms with Crippen molar-refractivity contribution >= 4 is 12.6 Å². The molecule has 7 heteroatoms. The van der Waals surface area contributed by atoms with Gasteiger partial charge in [-0.2, -0.15) is 8.78 Å². The van der Waals surface area contributed by atoms with Gasteiger partial charge in [0.2, 0.25) is 0 Å². The second-order valence-electron chi connectivity index (χ2n) is 4.63. The van der Waals surface area contributed by atoms with Gasteiger partial charge in [-0.15, -0.1) is 0 Å². The van der Waals surface area contributed by atoms with Crippen molar-refractivity contribution in [3.63, 3.8) is 0 Å². The first-order chi connectivity index (χ1) is 8.31. The van der Waals surface area contributed by atoms with Crippen molar-refractivity contribution in [1.82, 2.24) is 4.98 Å². The van der Waals surface area contributed by atoms with Crippen molar-refractivity contribution in [2.75, 3.05) is 7.11 Å². The Hall–Kier alpha value is -1.21. The van der Waals surface area contributed by atoms with Crippen LogP contribution in [0.3, 0.4) is 0 Å². The zero-order chi connectivity index (χ0) is 13.8. The van der Waals surface area contributed by atoms with Crippen molar-refractivity contribution in [2.24, 2.45) is 0 Å². The van der Waals surface area contributed by atoms with Crippen molar-refractivity contribution in [3.8, 4) is 5.75 Å². The lowest BCUT2D eigenvalue weighted by molar-refractivity contribution is -0.0500. The van der Waals surface area contributed by atoms with Gasteiger partial charge in [0.05, 0.1) is 6.20 Å². The molecular formula is C11H16BF2NO3. The van der Waals surface area contributed by atoms with Crippen molar-refractivity contribution in [3.05, 3.63) is 18.5 Å². The predicted octanol–water partition coefficient (Wildman–Crippen LogP) is 1.84. The fourth-order valence-electron chi connectivity index (χ4n) is 1.31. The standard InChI is InChI=1S/C11H16BF2NO3/c1-11(2,3)18-12(16-4)8-5-9(7-15-6-8)17-10(13)14/h5-7,10H,1-4H3. The van der Waals surface area contributed by atoms with Gasteiger partial charge in [-0.05, 0) is 26.8 Å². The minimum atomic E-state index is -2.88. The predicted molar refractivity (Wildman–Crippen MR) is 64.1 cm³/mol. The molecule has 1 rings (SSSR count). The molecule has 100 valence electrons. The molecule has 0 N–H and O–H groups in total. The Balaban J connectivity index is 2.86. The topological polar surface area (TPSA) is 40.6 Å². The summed E-state index contributed by atoms with van der Waals surface area (Å²) in [4.78, 5) is 3.82. The number of aromatic nitrogens is 1. The van der Waals surface area contributed by atoms with Crippen LogP contribution in [0.2, 0.25) is 0 Å². The van der Waals surface area contributed by atoms with Gasteiger partial charge in [-0.3, -0.25) is 4.98 Å². The molecule has 18 heavy (non-hydrogen) atoms. The van der Waals surface area contributed by atoms with E-state index in [-0.39, 0.29) is 5.75 Å². The highest BCUT2D eigenvalue weighted by Gasteiger charge is 2.27. The van der Waals surface area contributed by atoms with Gasteiger partial charge in [-0.25, -0.2) is 0 Å². The second kappa shape index (κ2) is 6.11. The zero-order valence-electron chi connectivity index (χ0n) is 10.8. The molecule has 0 atom stereocenters. The maximum Gasteiger partial charge on any atom is 0.495 e. The minimum absolute atomic E-state index is 0.0259. The molecule has 1 aromatic heterocycles. The fourth-order valence-corrected chi connectivity index (χ4v) is 1.31. The van der Waals surface area contributed by atoms with E-state index in [0.717, 1.165) is 0 Å². The maximum absolute atomic E-state index is 12.1. The largest absolute Gasteiger partial charge is 0.495 e. The van der Waals surface area contributed by atoms with E-state index in [1.807, 2.05) is 20.8 Å². The third-order valence-electron chi connectivity index (χ3n) is 1.91. The van der Waals surface area contributed by atoms with Crippen LogP contribution in [0.1, 0.15) is 20.8 Å². The molecule has 1 heterocycles. The average Bonchev–Trinajstić information content (AvgIpc) is 2.24. The van der Waals surface area contributed by atoms with Crippen LogP contribution in [0.5, 0.6) is 5.75 Å². The summed E-state index contributed by atoms with van der Waals surface area (Å²) in [7, 11) is 0.788. The van der Waals surface area contributed by atoms with Gasteiger partial charge >= 0.3 is 13.7 Å². The van der Waals surface area contributed by atoms with E-state index >= 15 is 0 Å². The SMILES string of the molecule is COB(OC(C)(C)C)c1cncc(OC(F)F)c1. The summed E-state index contributed by atoms with van der Waals surface area (Å²) in [6, 6.07) is 1.42. The number of halogens is 2. The molecule has 0 saturated heterocycles. The number of hydrogen-bond acceptors (Lipinski definition) is 4. The Labute approximate surface area is 105 Å². The van der Waals surface area contributed by atoms with Crippen LogP contribution in [-0.4, -0.2) is 31.4 Å². The minimum Gasteiger partial charge on any atom is -0.433 e. The van der Waals surface area contributed by atoms with Gasteiger partial charge < -0.3 is 14.0 Å². The smallest absolute Gasteiger partial charge is 0.433 e. The van der Waals surface area contributed by atoms with Crippen LogP contribution in [-0.2, 0) is 9.31 Å². The van der Waals surface area contributed by atoms with Crippen LogP contribution in [0.15, 0.2) is 18.5 Å².